The molecule has 1 aromatic rings. The zero-order valence-electron chi connectivity index (χ0n) is 15.0. The fourth-order valence-electron chi connectivity index (χ4n) is 2.18. The molecule has 0 saturated heterocycles. The molecule has 25 heavy (non-hydrogen) atoms. The minimum Gasteiger partial charge on any atom is -0.352 e. The topological polar surface area (TPSA) is 122 Å². The van der Waals surface area contributed by atoms with Gasteiger partial charge in [-0.15, -0.1) is 0 Å². The average Bonchev–Trinajstić information content (AvgIpc) is 2.55. The molecule has 0 heterocycles. The van der Waals surface area contributed by atoms with Gasteiger partial charge in [0.1, 0.15) is 0 Å². The van der Waals surface area contributed by atoms with Gasteiger partial charge in [0.15, 0.2) is 0 Å². The summed E-state index contributed by atoms with van der Waals surface area (Å²) < 4.78 is 0. The van der Waals surface area contributed by atoms with Gasteiger partial charge < -0.3 is 27.4 Å². The van der Waals surface area contributed by atoms with Gasteiger partial charge in [-0.25, -0.2) is 4.79 Å². The van der Waals surface area contributed by atoms with Gasteiger partial charge in [-0.1, -0.05) is 26.0 Å². The van der Waals surface area contributed by atoms with Crippen molar-refractivity contribution in [2.75, 3.05) is 18.4 Å². The smallest absolute Gasteiger partial charge is 0.312 e. The molecule has 0 aliphatic heterocycles. The van der Waals surface area contributed by atoms with Gasteiger partial charge in [-0.3, -0.25) is 4.79 Å². The number of carbonyl (C=O) groups excluding carboxylic acids is 2. The summed E-state index contributed by atoms with van der Waals surface area (Å²) in [5, 5.41) is 8.64. The van der Waals surface area contributed by atoms with Crippen LogP contribution in [0, 0.1) is 12.8 Å². The molecule has 1 aromatic carbocycles. The van der Waals surface area contributed by atoms with E-state index in [1.807, 2.05) is 38.1 Å². The summed E-state index contributed by atoms with van der Waals surface area (Å²) in [6.45, 7) is 8.86. The van der Waals surface area contributed by atoms with Crippen LogP contribution in [0.1, 0.15) is 32.3 Å². The number of primary amides is 1. The molecule has 3 amide bonds. The van der Waals surface area contributed by atoms with Crippen molar-refractivity contribution in [3.05, 3.63) is 36.8 Å². The van der Waals surface area contributed by atoms with Crippen LogP contribution in [0.4, 0.5) is 10.5 Å². The molecule has 7 heteroatoms. The minimum atomic E-state index is -0.566. The summed E-state index contributed by atoms with van der Waals surface area (Å²) in [7, 11) is 0. The van der Waals surface area contributed by atoms with E-state index in [9.17, 15) is 9.59 Å². The number of rotatable bonds is 10. The fraction of sp³-hybridized carbons (Fsp3) is 0.500. The Hall–Kier alpha value is -2.12. The van der Waals surface area contributed by atoms with Crippen molar-refractivity contribution in [3.63, 3.8) is 0 Å². The van der Waals surface area contributed by atoms with Crippen LogP contribution in [-0.2, 0) is 4.79 Å². The highest BCUT2D eigenvalue weighted by Crippen LogP contribution is 2.10. The van der Waals surface area contributed by atoms with Crippen molar-refractivity contribution in [2.24, 2.45) is 17.4 Å². The minimum absolute atomic E-state index is 0.0375. The van der Waals surface area contributed by atoms with Gasteiger partial charge in [0.05, 0.1) is 6.04 Å². The normalized spacial score (nSPS) is 13.3. The number of hydrogen-bond acceptors (Lipinski definition) is 4. The van der Waals surface area contributed by atoms with Crippen LogP contribution in [0.3, 0.4) is 0 Å². The van der Waals surface area contributed by atoms with E-state index in [2.05, 4.69) is 22.9 Å². The molecule has 139 valence electrons. The number of carbonyl (C=O) groups is 2. The van der Waals surface area contributed by atoms with Crippen LogP contribution in [0.25, 0.3) is 0 Å². The standard InChI is InChI=1S/C18H30N5O2/c1-12(2)15(19)11-22-16(5-4-10-21-18(20)25)17(24)23-14-8-6-13(3)7-9-14/h6-9,12,15-16,22H,3-5,10-11,19H2,1-2H3,(H,23,24)(H3,20,21,25)/t15-,16+/m1/s1. The SMILES string of the molecule is [CH2]c1ccc(NC(=O)[C@H](CCCNC(N)=O)NC[C@@H](N)C(C)C)cc1. The Balaban J connectivity index is 2.61. The molecule has 0 bridgehead atoms. The van der Waals surface area contributed by atoms with Gasteiger partial charge in [0.2, 0.25) is 5.91 Å². The van der Waals surface area contributed by atoms with E-state index in [4.69, 9.17) is 11.5 Å². The molecule has 0 aliphatic carbocycles. The molecule has 0 spiro atoms. The average molecular weight is 348 g/mol. The van der Waals surface area contributed by atoms with E-state index in [-0.39, 0.29) is 11.9 Å². The summed E-state index contributed by atoms with van der Waals surface area (Å²) in [6.07, 6.45) is 1.19. The van der Waals surface area contributed by atoms with Gasteiger partial charge in [-0.2, -0.15) is 0 Å². The van der Waals surface area contributed by atoms with Crippen molar-refractivity contribution >= 4 is 17.6 Å². The second-order valence-corrected chi connectivity index (χ2v) is 6.49. The molecular weight excluding hydrogens is 318 g/mol. The summed E-state index contributed by atoms with van der Waals surface area (Å²) in [4.78, 5) is 23.3. The Morgan fingerprint density at radius 2 is 1.84 bits per heavy atom. The van der Waals surface area contributed by atoms with Gasteiger partial charge in [-0.05, 0) is 43.4 Å². The molecular formula is C18H30N5O2. The molecule has 1 rings (SSSR count). The molecule has 0 unspecified atom stereocenters. The fourth-order valence-corrected chi connectivity index (χ4v) is 2.18. The monoisotopic (exact) mass is 348 g/mol. The maximum absolute atomic E-state index is 12.6. The summed E-state index contributed by atoms with van der Waals surface area (Å²) in [5.41, 5.74) is 12.7. The van der Waals surface area contributed by atoms with E-state index in [1.54, 1.807) is 0 Å². The number of nitrogens with one attached hydrogen (secondary N) is 3. The zero-order chi connectivity index (χ0) is 18.8. The lowest BCUT2D eigenvalue weighted by Gasteiger charge is -2.22. The maximum Gasteiger partial charge on any atom is 0.312 e. The maximum atomic E-state index is 12.6. The summed E-state index contributed by atoms with van der Waals surface area (Å²) in [5.74, 6) is 0.184. The van der Waals surface area contributed by atoms with Crippen LogP contribution in [0.5, 0.6) is 0 Å². The van der Waals surface area contributed by atoms with Crippen molar-refractivity contribution in [1.29, 1.82) is 0 Å². The lowest BCUT2D eigenvalue weighted by Crippen LogP contribution is -2.47. The Bertz CT molecular complexity index is 545. The van der Waals surface area contributed by atoms with Gasteiger partial charge in [0.25, 0.3) is 0 Å². The van der Waals surface area contributed by atoms with Crippen LogP contribution in [0.2, 0.25) is 0 Å². The van der Waals surface area contributed by atoms with Crippen LogP contribution in [-0.4, -0.2) is 37.1 Å². The van der Waals surface area contributed by atoms with Crippen LogP contribution < -0.4 is 27.4 Å². The third kappa shape index (κ3) is 8.51. The first-order chi connectivity index (χ1) is 11.8. The number of benzene rings is 1. The van der Waals surface area contributed by atoms with Crippen molar-refractivity contribution < 1.29 is 9.59 Å². The predicted molar refractivity (Wildman–Crippen MR) is 101 cm³/mol. The van der Waals surface area contributed by atoms with E-state index in [0.717, 1.165) is 5.56 Å². The second kappa shape index (κ2) is 10.7. The molecule has 7 N–H and O–H groups in total. The van der Waals surface area contributed by atoms with E-state index < -0.39 is 12.1 Å². The highest BCUT2D eigenvalue weighted by atomic mass is 16.2. The number of nitrogens with two attached hydrogens (primary N) is 2. The van der Waals surface area contributed by atoms with Crippen molar-refractivity contribution in [3.8, 4) is 0 Å². The third-order valence-corrected chi connectivity index (χ3v) is 3.96. The van der Waals surface area contributed by atoms with Gasteiger partial charge in [0, 0.05) is 24.8 Å². The third-order valence-electron chi connectivity index (χ3n) is 3.96. The first kappa shape index (κ1) is 20.9. The first-order valence-corrected chi connectivity index (χ1v) is 8.54. The highest BCUT2D eigenvalue weighted by Gasteiger charge is 2.19. The lowest BCUT2D eigenvalue weighted by molar-refractivity contribution is -0.118. The molecule has 0 aliphatic rings. The van der Waals surface area contributed by atoms with E-state index in [0.29, 0.717) is 37.5 Å². The number of hydrogen-bond donors (Lipinski definition) is 5. The van der Waals surface area contributed by atoms with E-state index in [1.165, 1.54) is 0 Å². The van der Waals surface area contributed by atoms with Gasteiger partial charge >= 0.3 is 6.03 Å². The van der Waals surface area contributed by atoms with E-state index >= 15 is 0 Å². The summed E-state index contributed by atoms with van der Waals surface area (Å²) >= 11 is 0. The largest absolute Gasteiger partial charge is 0.352 e. The van der Waals surface area contributed by atoms with Crippen LogP contribution >= 0.6 is 0 Å². The second-order valence-electron chi connectivity index (χ2n) is 6.49. The Labute approximate surface area is 149 Å². The molecule has 7 nitrogen and oxygen atoms in total. The predicted octanol–water partition coefficient (Wildman–Crippen LogP) is 1.20. The quantitative estimate of drug-likeness (QED) is 0.408. The molecule has 1 radical (unpaired) electrons. The number of amides is 3. The highest BCUT2D eigenvalue weighted by molar-refractivity contribution is 5.94. The van der Waals surface area contributed by atoms with Crippen molar-refractivity contribution in [2.45, 2.75) is 38.8 Å². The Morgan fingerprint density at radius 3 is 2.40 bits per heavy atom. The lowest BCUT2D eigenvalue weighted by atomic mass is 10.0. The Kier molecular flexibility index (Phi) is 8.94. The van der Waals surface area contributed by atoms with Crippen LogP contribution in [0.15, 0.2) is 24.3 Å². The number of anilines is 1. The summed E-state index contributed by atoms with van der Waals surface area (Å²) in [6, 6.07) is 6.29. The molecule has 0 saturated carbocycles. The molecule has 0 aromatic heterocycles. The molecule has 2 atom stereocenters. The first-order valence-electron chi connectivity index (χ1n) is 8.54. The van der Waals surface area contributed by atoms with Crippen molar-refractivity contribution in [1.82, 2.24) is 10.6 Å². The number of urea groups is 1. The molecule has 0 fully saturated rings. The zero-order valence-corrected chi connectivity index (χ0v) is 15.0. The Morgan fingerprint density at radius 1 is 1.20 bits per heavy atom.